The molecule has 2 atom stereocenters. The monoisotopic (exact) mass is 269 g/mol. The van der Waals surface area contributed by atoms with Gasteiger partial charge >= 0.3 is 6.03 Å². The Kier molecular flexibility index (Phi) is 4.42. The van der Waals surface area contributed by atoms with Crippen molar-refractivity contribution in [2.75, 3.05) is 26.3 Å². The molecular formula is C13H23N3O3. The molecule has 0 bridgehead atoms. The molecule has 3 N–H and O–H groups in total. The van der Waals surface area contributed by atoms with Crippen LogP contribution in [-0.4, -0.2) is 48.7 Å². The maximum absolute atomic E-state index is 12.6. The van der Waals surface area contributed by atoms with Crippen LogP contribution in [0.3, 0.4) is 0 Å². The van der Waals surface area contributed by atoms with Crippen molar-refractivity contribution in [2.45, 2.75) is 38.1 Å². The van der Waals surface area contributed by atoms with Gasteiger partial charge in [-0.2, -0.15) is 0 Å². The van der Waals surface area contributed by atoms with E-state index < -0.39 is 5.54 Å². The van der Waals surface area contributed by atoms with E-state index >= 15 is 0 Å². The first kappa shape index (κ1) is 14.3. The highest BCUT2D eigenvalue weighted by Crippen LogP contribution is 2.37. The first-order valence-corrected chi connectivity index (χ1v) is 7.07. The normalized spacial score (nSPS) is 31.1. The van der Waals surface area contributed by atoms with E-state index in [2.05, 4.69) is 5.32 Å². The summed E-state index contributed by atoms with van der Waals surface area (Å²) >= 11 is 0. The van der Waals surface area contributed by atoms with Crippen LogP contribution in [0.15, 0.2) is 0 Å². The van der Waals surface area contributed by atoms with Crippen molar-refractivity contribution in [2.24, 2.45) is 11.7 Å². The number of nitrogens with two attached hydrogens (primary N) is 1. The molecule has 1 aliphatic heterocycles. The van der Waals surface area contributed by atoms with Crippen LogP contribution in [-0.2, 0) is 9.53 Å². The molecule has 1 spiro atoms. The van der Waals surface area contributed by atoms with Crippen molar-refractivity contribution in [3.8, 4) is 0 Å². The largest absolute Gasteiger partial charge is 0.380 e. The Bertz CT molecular complexity index is 361. The van der Waals surface area contributed by atoms with Gasteiger partial charge in [0, 0.05) is 12.5 Å². The second kappa shape index (κ2) is 5.88. The van der Waals surface area contributed by atoms with Crippen molar-refractivity contribution < 1.29 is 14.3 Å². The standard InChI is InChI=1S/C13H23N3O3/c1-2-19-8-7-16-11(17)13(15-12(16)18)6-4-3-5-10(13)9-14/h10H,2-9,14H2,1H3,(H,15,18). The van der Waals surface area contributed by atoms with Crippen LogP contribution in [0.25, 0.3) is 0 Å². The Hall–Kier alpha value is -1.14. The molecule has 6 heteroatoms. The second-order valence-corrected chi connectivity index (χ2v) is 5.23. The number of ether oxygens (including phenoxy) is 1. The maximum atomic E-state index is 12.6. The molecule has 1 aliphatic carbocycles. The van der Waals surface area contributed by atoms with Crippen molar-refractivity contribution in [1.29, 1.82) is 0 Å². The van der Waals surface area contributed by atoms with Crippen LogP contribution in [0.4, 0.5) is 4.79 Å². The predicted octanol–water partition coefficient (Wildman–Crippen LogP) is 0.462. The van der Waals surface area contributed by atoms with Gasteiger partial charge in [0.2, 0.25) is 0 Å². The lowest BCUT2D eigenvalue weighted by atomic mass is 9.72. The highest BCUT2D eigenvalue weighted by atomic mass is 16.5. The quantitative estimate of drug-likeness (QED) is 0.561. The molecule has 6 nitrogen and oxygen atoms in total. The number of imide groups is 1. The molecule has 1 saturated heterocycles. The predicted molar refractivity (Wildman–Crippen MR) is 70.5 cm³/mol. The Balaban J connectivity index is 2.11. The fourth-order valence-corrected chi connectivity index (χ4v) is 3.16. The average Bonchev–Trinajstić information content (AvgIpc) is 2.64. The van der Waals surface area contributed by atoms with E-state index in [4.69, 9.17) is 10.5 Å². The van der Waals surface area contributed by atoms with Gasteiger partial charge in [-0.3, -0.25) is 9.69 Å². The summed E-state index contributed by atoms with van der Waals surface area (Å²) in [5.74, 6) is -0.0675. The summed E-state index contributed by atoms with van der Waals surface area (Å²) in [7, 11) is 0. The zero-order valence-corrected chi connectivity index (χ0v) is 11.5. The minimum Gasteiger partial charge on any atom is -0.380 e. The Morgan fingerprint density at radius 2 is 2.26 bits per heavy atom. The molecule has 1 heterocycles. The van der Waals surface area contributed by atoms with E-state index in [1.54, 1.807) is 0 Å². The summed E-state index contributed by atoms with van der Waals surface area (Å²) in [6, 6.07) is -0.301. The van der Waals surface area contributed by atoms with Gasteiger partial charge in [-0.25, -0.2) is 4.79 Å². The smallest absolute Gasteiger partial charge is 0.325 e. The molecule has 2 aliphatic rings. The molecule has 0 aromatic heterocycles. The zero-order chi connectivity index (χ0) is 13.9. The number of carbonyl (C=O) groups is 2. The molecule has 0 aromatic carbocycles. The van der Waals surface area contributed by atoms with E-state index in [0.717, 1.165) is 19.3 Å². The van der Waals surface area contributed by atoms with Crippen molar-refractivity contribution in [1.82, 2.24) is 10.2 Å². The van der Waals surface area contributed by atoms with Gasteiger partial charge < -0.3 is 15.8 Å². The molecular weight excluding hydrogens is 246 g/mol. The van der Waals surface area contributed by atoms with Gasteiger partial charge in [0.1, 0.15) is 5.54 Å². The van der Waals surface area contributed by atoms with Gasteiger partial charge in [0.15, 0.2) is 0 Å². The number of urea groups is 1. The van der Waals surface area contributed by atoms with Gasteiger partial charge in [0.05, 0.1) is 13.2 Å². The van der Waals surface area contributed by atoms with Crippen LogP contribution in [0, 0.1) is 5.92 Å². The van der Waals surface area contributed by atoms with E-state index in [-0.39, 0.29) is 17.9 Å². The molecule has 2 unspecified atom stereocenters. The summed E-state index contributed by atoms with van der Waals surface area (Å²) in [6.07, 6.45) is 3.64. The molecule has 2 fully saturated rings. The molecule has 3 amide bonds. The highest BCUT2D eigenvalue weighted by molar-refractivity contribution is 6.07. The summed E-state index contributed by atoms with van der Waals surface area (Å²) in [5, 5.41) is 2.90. The number of hydrogen-bond acceptors (Lipinski definition) is 4. The first-order valence-electron chi connectivity index (χ1n) is 7.07. The second-order valence-electron chi connectivity index (χ2n) is 5.23. The molecule has 1 saturated carbocycles. The minimum atomic E-state index is -0.754. The molecule has 2 rings (SSSR count). The van der Waals surface area contributed by atoms with Crippen molar-refractivity contribution in [3.05, 3.63) is 0 Å². The molecule has 108 valence electrons. The fourth-order valence-electron chi connectivity index (χ4n) is 3.16. The van der Waals surface area contributed by atoms with Crippen LogP contribution < -0.4 is 11.1 Å². The topological polar surface area (TPSA) is 84.7 Å². The van der Waals surface area contributed by atoms with Gasteiger partial charge in [-0.05, 0) is 26.3 Å². The number of nitrogens with zero attached hydrogens (tertiary/aromatic N) is 1. The lowest BCUT2D eigenvalue weighted by molar-refractivity contribution is -0.134. The number of nitrogens with one attached hydrogen (secondary N) is 1. The first-order chi connectivity index (χ1) is 9.15. The van der Waals surface area contributed by atoms with Crippen LogP contribution in [0.2, 0.25) is 0 Å². The molecule has 0 radical (unpaired) electrons. The minimum absolute atomic E-state index is 0.0507. The summed E-state index contributed by atoms with van der Waals surface area (Å²) < 4.78 is 5.22. The third-order valence-electron chi connectivity index (χ3n) is 4.22. The number of rotatable bonds is 5. The zero-order valence-electron chi connectivity index (χ0n) is 11.5. The lowest BCUT2D eigenvalue weighted by Crippen LogP contribution is -2.57. The van der Waals surface area contributed by atoms with Gasteiger partial charge in [-0.15, -0.1) is 0 Å². The highest BCUT2D eigenvalue weighted by Gasteiger charge is 2.55. The fraction of sp³-hybridized carbons (Fsp3) is 0.846. The van der Waals surface area contributed by atoms with E-state index in [1.807, 2.05) is 6.92 Å². The van der Waals surface area contributed by atoms with Crippen LogP contribution >= 0.6 is 0 Å². The van der Waals surface area contributed by atoms with Crippen molar-refractivity contribution in [3.63, 3.8) is 0 Å². The van der Waals surface area contributed by atoms with Gasteiger partial charge in [-0.1, -0.05) is 12.8 Å². The number of amides is 3. The SMILES string of the molecule is CCOCCN1C(=O)NC2(CCCCC2CN)C1=O. The van der Waals surface area contributed by atoms with Crippen LogP contribution in [0.1, 0.15) is 32.6 Å². The summed E-state index contributed by atoms with van der Waals surface area (Å²) in [5.41, 5.74) is 5.03. The third kappa shape index (κ3) is 2.47. The number of hydrogen-bond donors (Lipinski definition) is 2. The lowest BCUT2D eigenvalue weighted by Gasteiger charge is -2.38. The maximum Gasteiger partial charge on any atom is 0.325 e. The van der Waals surface area contributed by atoms with Gasteiger partial charge in [0.25, 0.3) is 5.91 Å². The van der Waals surface area contributed by atoms with E-state index in [1.165, 1.54) is 4.90 Å². The Morgan fingerprint density at radius 3 is 2.95 bits per heavy atom. The molecule has 19 heavy (non-hydrogen) atoms. The van der Waals surface area contributed by atoms with Crippen LogP contribution in [0.5, 0.6) is 0 Å². The Morgan fingerprint density at radius 1 is 1.47 bits per heavy atom. The summed E-state index contributed by atoms with van der Waals surface area (Å²) in [4.78, 5) is 25.9. The van der Waals surface area contributed by atoms with Crippen molar-refractivity contribution >= 4 is 11.9 Å². The Labute approximate surface area is 113 Å². The third-order valence-corrected chi connectivity index (χ3v) is 4.22. The summed E-state index contributed by atoms with van der Waals surface area (Å²) in [6.45, 7) is 3.61. The van der Waals surface area contributed by atoms with E-state index in [9.17, 15) is 9.59 Å². The number of carbonyl (C=O) groups excluding carboxylic acids is 2. The van der Waals surface area contributed by atoms with E-state index in [0.29, 0.717) is 32.7 Å². The molecule has 0 aromatic rings. The average molecular weight is 269 g/mol.